The Morgan fingerprint density at radius 3 is 3.07 bits per heavy atom. The second kappa shape index (κ2) is 4.22. The van der Waals surface area contributed by atoms with Gasteiger partial charge in [-0.1, -0.05) is 5.16 Å². The van der Waals surface area contributed by atoms with Crippen molar-refractivity contribution in [1.29, 1.82) is 0 Å². The lowest BCUT2D eigenvalue weighted by molar-refractivity contribution is 0.420. The molecule has 0 aliphatic carbocycles. The van der Waals surface area contributed by atoms with Gasteiger partial charge in [0.2, 0.25) is 0 Å². The quantitative estimate of drug-likeness (QED) is 0.782. The molecule has 2 N–H and O–H groups in total. The highest BCUT2D eigenvalue weighted by molar-refractivity contribution is 5.44. The van der Waals surface area contributed by atoms with Crippen LogP contribution in [0.3, 0.4) is 0 Å². The van der Waals surface area contributed by atoms with Gasteiger partial charge < -0.3 is 10.3 Å². The minimum absolute atomic E-state index is 0.461. The van der Waals surface area contributed by atoms with Gasteiger partial charge in [-0.15, -0.1) is 0 Å². The largest absolute Gasteiger partial charge is 0.332 e. The Kier molecular flexibility index (Phi) is 2.77. The summed E-state index contributed by atoms with van der Waals surface area (Å²) in [7, 11) is 1.84. The molecule has 0 aliphatic rings. The molecule has 0 saturated carbocycles. The molecule has 2 rings (SSSR count). The molecule has 2 aromatic rings. The Balaban J connectivity index is 2.13. The fourth-order valence-electron chi connectivity index (χ4n) is 1.25. The van der Waals surface area contributed by atoms with Crippen LogP contribution >= 0.6 is 0 Å². The second-order valence-electron chi connectivity index (χ2n) is 3.28. The summed E-state index contributed by atoms with van der Waals surface area (Å²) in [5.74, 6) is 1.14. The molecule has 0 saturated heterocycles. The van der Waals surface area contributed by atoms with Crippen LogP contribution in [-0.4, -0.2) is 26.5 Å². The lowest BCUT2D eigenvalue weighted by Crippen LogP contribution is -2.01. The van der Waals surface area contributed by atoms with Crippen LogP contribution in [0.25, 0.3) is 11.6 Å². The van der Waals surface area contributed by atoms with Crippen LogP contribution in [0, 0.1) is 0 Å². The molecule has 15 heavy (non-hydrogen) atoms. The van der Waals surface area contributed by atoms with E-state index in [-0.39, 0.29) is 0 Å². The normalized spacial score (nSPS) is 10.8. The third kappa shape index (κ3) is 2.21. The molecule has 0 spiro atoms. The minimum Gasteiger partial charge on any atom is -0.332 e. The van der Waals surface area contributed by atoms with Crippen LogP contribution < -0.4 is 5.73 Å². The number of nitrogens with two attached hydrogens (primary N) is 1. The number of nitrogens with zero attached hydrogens (tertiary/aromatic N) is 4. The van der Waals surface area contributed by atoms with Crippen molar-refractivity contribution in [3.8, 4) is 11.6 Å². The van der Waals surface area contributed by atoms with Gasteiger partial charge in [0.1, 0.15) is 0 Å². The van der Waals surface area contributed by atoms with E-state index in [9.17, 15) is 0 Å². The standard InChI is InChI=1S/C9H13N5O/c1-14-6-4-7(12-14)9-11-8(13-15-9)3-2-5-10/h4,6H,2-3,5,10H2,1H3. The predicted octanol–water partition coefficient (Wildman–Crippen LogP) is 0.361. The summed E-state index contributed by atoms with van der Waals surface area (Å²) in [5.41, 5.74) is 6.09. The van der Waals surface area contributed by atoms with Crippen molar-refractivity contribution in [1.82, 2.24) is 19.9 Å². The maximum Gasteiger partial charge on any atom is 0.278 e. The van der Waals surface area contributed by atoms with Gasteiger partial charge in [-0.05, 0) is 19.0 Å². The third-order valence-electron chi connectivity index (χ3n) is 2.01. The van der Waals surface area contributed by atoms with Gasteiger partial charge in [0.15, 0.2) is 11.5 Å². The number of hydrogen-bond donors (Lipinski definition) is 1. The maximum absolute atomic E-state index is 5.40. The first-order chi connectivity index (χ1) is 7.29. The molecule has 0 aromatic carbocycles. The van der Waals surface area contributed by atoms with Crippen molar-refractivity contribution in [2.75, 3.05) is 6.54 Å². The van der Waals surface area contributed by atoms with E-state index in [1.807, 2.05) is 19.3 Å². The second-order valence-corrected chi connectivity index (χ2v) is 3.28. The van der Waals surface area contributed by atoms with Crippen molar-refractivity contribution in [2.45, 2.75) is 12.8 Å². The van der Waals surface area contributed by atoms with Gasteiger partial charge in [0.05, 0.1) is 0 Å². The summed E-state index contributed by atoms with van der Waals surface area (Å²) in [6.45, 7) is 0.632. The fourth-order valence-corrected chi connectivity index (χ4v) is 1.25. The van der Waals surface area contributed by atoms with E-state index in [1.165, 1.54) is 0 Å². The molecule has 0 unspecified atom stereocenters. The monoisotopic (exact) mass is 207 g/mol. The van der Waals surface area contributed by atoms with Gasteiger partial charge in [-0.2, -0.15) is 10.1 Å². The molecule has 0 radical (unpaired) electrons. The number of aryl methyl sites for hydroxylation is 2. The molecule has 2 heterocycles. The highest BCUT2D eigenvalue weighted by Crippen LogP contribution is 2.13. The molecular weight excluding hydrogens is 194 g/mol. The van der Waals surface area contributed by atoms with Crippen molar-refractivity contribution in [3.63, 3.8) is 0 Å². The van der Waals surface area contributed by atoms with E-state index in [4.69, 9.17) is 10.3 Å². The minimum atomic E-state index is 0.461. The fraction of sp³-hybridized carbons (Fsp3) is 0.444. The molecular formula is C9H13N5O. The van der Waals surface area contributed by atoms with Crippen LogP contribution in [0.15, 0.2) is 16.8 Å². The first kappa shape index (κ1) is 9.85. The van der Waals surface area contributed by atoms with Crippen LogP contribution in [0.5, 0.6) is 0 Å². The molecule has 6 nitrogen and oxygen atoms in total. The van der Waals surface area contributed by atoms with E-state index in [2.05, 4.69) is 15.2 Å². The van der Waals surface area contributed by atoms with Gasteiger partial charge in [-0.3, -0.25) is 4.68 Å². The van der Waals surface area contributed by atoms with E-state index >= 15 is 0 Å². The Hall–Kier alpha value is -1.69. The van der Waals surface area contributed by atoms with E-state index < -0.39 is 0 Å². The predicted molar refractivity (Wildman–Crippen MR) is 53.9 cm³/mol. The van der Waals surface area contributed by atoms with Crippen molar-refractivity contribution in [2.24, 2.45) is 12.8 Å². The van der Waals surface area contributed by atoms with Crippen LogP contribution in [0.2, 0.25) is 0 Å². The lowest BCUT2D eigenvalue weighted by Gasteiger charge is -1.88. The Morgan fingerprint density at radius 1 is 1.53 bits per heavy atom. The molecule has 0 amide bonds. The molecule has 2 aromatic heterocycles. The molecule has 6 heteroatoms. The smallest absolute Gasteiger partial charge is 0.278 e. The lowest BCUT2D eigenvalue weighted by atomic mass is 10.3. The summed E-state index contributed by atoms with van der Waals surface area (Å²) in [6, 6.07) is 1.83. The zero-order chi connectivity index (χ0) is 10.7. The summed E-state index contributed by atoms with van der Waals surface area (Å²) in [4.78, 5) is 4.22. The first-order valence-electron chi connectivity index (χ1n) is 4.82. The molecule has 0 bridgehead atoms. The summed E-state index contributed by atoms with van der Waals surface area (Å²) in [6.07, 6.45) is 3.44. The topological polar surface area (TPSA) is 82.8 Å². The van der Waals surface area contributed by atoms with Gasteiger partial charge >= 0.3 is 0 Å². The van der Waals surface area contributed by atoms with E-state index in [0.29, 0.717) is 24.0 Å². The zero-order valence-corrected chi connectivity index (χ0v) is 8.55. The van der Waals surface area contributed by atoms with Crippen molar-refractivity contribution >= 4 is 0 Å². The summed E-state index contributed by atoms with van der Waals surface area (Å²) >= 11 is 0. The van der Waals surface area contributed by atoms with Gasteiger partial charge in [-0.25, -0.2) is 0 Å². The first-order valence-corrected chi connectivity index (χ1v) is 4.82. The van der Waals surface area contributed by atoms with E-state index in [0.717, 1.165) is 12.8 Å². The average molecular weight is 207 g/mol. The highest BCUT2D eigenvalue weighted by atomic mass is 16.5. The SMILES string of the molecule is Cn1ccc(-c2nc(CCCN)no2)n1. The number of aromatic nitrogens is 4. The number of rotatable bonds is 4. The Labute approximate surface area is 87.1 Å². The molecule has 0 aliphatic heterocycles. The van der Waals surface area contributed by atoms with Crippen LogP contribution in [-0.2, 0) is 13.5 Å². The third-order valence-corrected chi connectivity index (χ3v) is 2.01. The summed E-state index contributed by atoms with van der Waals surface area (Å²) in [5, 5.41) is 8.02. The van der Waals surface area contributed by atoms with E-state index in [1.54, 1.807) is 4.68 Å². The Bertz CT molecular complexity index is 433. The summed E-state index contributed by atoms with van der Waals surface area (Å²) < 4.78 is 6.78. The Morgan fingerprint density at radius 2 is 2.40 bits per heavy atom. The maximum atomic E-state index is 5.40. The average Bonchev–Trinajstić information content (AvgIpc) is 2.83. The van der Waals surface area contributed by atoms with Crippen LogP contribution in [0.1, 0.15) is 12.2 Å². The van der Waals surface area contributed by atoms with Crippen molar-refractivity contribution < 1.29 is 4.52 Å². The van der Waals surface area contributed by atoms with Gasteiger partial charge in [0.25, 0.3) is 5.89 Å². The van der Waals surface area contributed by atoms with Crippen LogP contribution in [0.4, 0.5) is 0 Å². The van der Waals surface area contributed by atoms with Gasteiger partial charge in [0, 0.05) is 19.7 Å². The molecule has 80 valence electrons. The number of hydrogen-bond acceptors (Lipinski definition) is 5. The zero-order valence-electron chi connectivity index (χ0n) is 8.55. The van der Waals surface area contributed by atoms with Crippen molar-refractivity contribution in [3.05, 3.63) is 18.1 Å². The molecule has 0 fully saturated rings. The highest BCUT2D eigenvalue weighted by Gasteiger charge is 2.10. The molecule has 0 atom stereocenters.